The monoisotopic (exact) mass is 437 g/mol. The number of ketones is 3. The third-order valence-corrected chi connectivity index (χ3v) is 6.08. The first-order valence-electron chi connectivity index (χ1n) is 9.99. The van der Waals surface area contributed by atoms with Crippen molar-refractivity contribution in [2.24, 2.45) is 7.05 Å². The van der Waals surface area contributed by atoms with Crippen LogP contribution < -0.4 is 10.1 Å². The predicted octanol–water partition coefficient (Wildman–Crippen LogP) is 2.09. The zero-order chi connectivity index (χ0) is 23.5. The highest BCUT2D eigenvalue weighted by molar-refractivity contribution is 6.31. The van der Waals surface area contributed by atoms with Gasteiger partial charge in [0.25, 0.3) is 0 Å². The predicted molar refractivity (Wildman–Crippen MR) is 113 cm³/mol. The molecule has 1 unspecified atom stereocenters. The largest absolute Gasteiger partial charge is 0.507 e. The molecule has 1 aliphatic carbocycles. The normalized spacial score (nSPS) is 21.0. The van der Waals surface area contributed by atoms with Gasteiger partial charge in [0.05, 0.1) is 17.3 Å². The van der Waals surface area contributed by atoms with Gasteiger partial charge < -0.3 is 20.3 Å². The fourth-order valence-electron chi connectivity index (χ4n) is 4.25. The number of aryl methyl sites for hydroxylation is 1. The van der Waals surface area contributed by atoms with Crippen molar-refractivity contribution in [3.63, 3.8) is 0 Å². The van der Waals surface area contributed by atoms with Gasteiger partial charge in [-0.05, 0) is 27.7 Å². The minimum atomic E-state index is -1.53. The molecule has 0 radical (unpaired) electrons. The molecule has 0 saturated heterocycles. The Balaban J connectivity index is 1.84. The van der Waals surface area contributed by atoms with Gasteiger partial charge >= 0.3 is 0 Å². The van der Waals surface area contributed by atoms with Crippen molar-refractivity contribution in [1.82, 2.24) is 15.1 Å². The second-order valence-corrected chi connectivity index (χ2v) is 8.26. The number of carbonyl (C=O) groups is 3. The number of nitrogens with one attached hydrogen (secondary N) is 1. The standard InChI is InChI=1S/C23H23N3O6/c1-10-19(29)17(12(3)27)21-18(20(10)30)23(4)15(32-21)6-14(28)16(22(23)31)11(2)24-7-13-8-25-26(5)9-13/h6,8-9,24,29-30H,7H2,1-5H3. The highest BCUT2D eigenvalue weighted by Gasteiger charge is 2.56. The van der Waals surface area contributed by atoms with E-state index in [1.54, 1.807) is 24.9 Å². The third kappa shape index (κ3) is 2.84. The van der Waals surface area contributed by atoms with E-state index in [1.165, 1.54) is 26.8 Å². The number of carbonyl (C=O) groups excluding carboxylic acids is 3. The van der Waals surface area contributed by atoms with Crippen LogP contribution in [0.1, 0.15) is 47.8 Å². The van der Waals surface area contributed by atoms with Gasteiger partial charge in [0.15, 0.2) is 17.3 Å². The number of fused-ring (bicyclic) bond motifs is 3. The summed E-state index contributed by atoms with van der Waals surface area (Å²) in [7, 11) is 1.79. The van der Waals surface area contributed by atoms with E-state index < -0.39 is 28.5 Å². The van der Waals surface area contributed by atoms with Crippen LogP contribution in [0.2, 0.25) is 0 Å². The molecule has 0 spiro atoms. The number of aromatic hydroxyl groups is 2. The summed E-state index contributed by atoms with van der Waals surface area (Å²) in [5, 5.41) is 28.4. The van der Waals surface area contributed by atoms with Gasteiger partial charge in [0.2, 0.25) is 0 Å². The molecule has 4 rings (SSSR count). The number of phenols is 2. The molecular weight excluding hydrogens is 414 g/mol. The van der Waals surface area contributed by atoms with E-state index in [4.69, 9.17) is 4.74 Å². The molecule has 1 aliphatic heterocycles. The highest BCUT2D eigenvalue weighted by atomic mass is 16.5. The molecule has 0 fully saturated rings. The molecule has 9 nitrogen and oxygen atoms in total. The molecule has 1 atom stereocenters. The number of allylic oxidation sites excluding steroid dienone is 4. The lowest BCUT2D eigenvalue weighted by molar-refractivity contribution is -0.123. The van der Waals surface area contributed by atoms with Crippen molar-refractivity contribution in [1.29, 1.82) is 0 Å². The highest BCUT2D eigenvalue weighted by Crippen LogP contribution is 2.57. The van der Waals surface area contributed by atoms with E-state index in [-0.39, 0.29) is 39.5 Å². The smallest absolute Gasteiger partial charge is 0.194 e. The summed E-state index contributed by atoms with van der Waals surface area (Å²) in [6.07, 6.45) is 4.68. The van der Waals surface area contributed by atoms with Gasteiger partial charge in [-0.15, -0.1) is 0 Å². The van der Waals surface area contributed by atoms with Crippen LogP contribution in [0.5, 0.6) is 17.2 Å². The maximum atomic E-state index is 13.7. The number of phenolic OH excluding ortho intramolecular Hbond substituents is 2. The molecule has 0 amide bonds. The molecule has 9 heteroatoms. The molecule has 0 bridgehead atoms. The second-order valence-electron chi connectivity index (χ2n) is 8.26. The van der Waals surface area contributed by atoms with Gasteiger partial charge in [0.1, 0.15) is 34.0 Å². The maximum Gasteiger partial charge on any atom is 0.194 e. The molecule has 2 aromatic rings. The minimum Gasteiger partial charge on any atom is -0.507 e. The molecule has 0 saturated carbocycles. The molecule has 166 valence electrons. The van der Waals surface area contributed by atoms with Crippen LogP contribution in [-0.4, -0.2) is 37.3 Å². The summed E-state index contributed by atoms with van der Waals surface area (Å²) in [6.45, 7) is 6.21. The Hall–Kier alpha value is -3.88. The second kappa shape index (κ2) is 7.08. The van der Waals surface area contributed by atoms with Gasteiger partial charge in [-0.3, -0.25) is 19.1 Å². The van der Waals surface area contributed by atoms with E-state index in [1.807, 2.05) is 6.20 Å². The number of hydrogen-bond donors (Lipinski definition) is 3. The van der Waals surface area contributed by atoms with Crippen LogP contribution in [0.3, 0.4) is 0 Å². The number of rotatable bonds is 4. The minimum absolute atomic E-state index is 0.00843. The van der Waals surface area contributed by atoms with Crippen LogP contribution in [0.15, 0.2) is 35.5 Å². The van der Waals surface area contributed by atoms with E-state index >= 15 is 0 Å². The zero-order valence-electron chi connectivity index (χ0n) is 18.4. The maximum absolute atomic E-state index is 13.7. The number of nitrogens with zero attached hydrogens (tertiary/aromatic N) is 2. The first kappa shape index (κ1) is 21.4. The molecule has 2 aliphatic rings. The molecule has 3 N–H and O–H groups in total. The summed E-state index contributed by atoms with van der Waals surface area (Å²) in [5.74, 6) is -2.46. The Morgan fingerprint density at radius 2 is 1.94 bits per heavy atom. The number of benzene rings is 1. The quantitative estimate of drug-likeness (QED) is 0.377. The van der Waals surface area contributed by atoms with E-state index in [0.717, 1.165) is 5.56 Å². The number of aromatic nitrogens is 2. The molecule has 1 aromatic heterocycles. The van der Waals surface area contributed by atoms with Crippen LogP contribution in [0.25, 0.3) is 0 Å². The van der Waals surface area contributed by atoms with Crippen molar-refractivity contribution >= 4 is 17.3 Å². The van der Waals surface area contributed by atoms with Crippen LogP contribution in [0.4, 0.5) is 0 Å². The third-order valence-electron chi connectivity index (χ3n) is 6.08. The fourth-order valence-corrected chi connectivity index (χ4v) is 4.25. The van der Waals surface area contributed by atoms with Gasteiger partial charge in [-0.1, -0.05) is 0 Å². The van der Waals surface area contributed by atoms with Crippen molar-refractivity contribution < 1.29 is 29.3 Å². The average Bonchev–Trinajstić information content (AvgIpc) is 3.26. The first-order chi connectivity index (χ1) is 15.0. The lowest BCUT2D eigenvalue weighted by Gasteiger charge is -2.29. The summed E-state index contributed by atoms with van der Waals surface area (Å²) < 4.78 is 7.39. The number of hydrogen-bond acceptors (Lipinski definition) is 8. The number of Topliss-reactive ketones (excluding diaryl/α,β-unsaturated/α-hetero) is 2. The lowest BCUT2D eigenvalue weighted by atomic mass is 9.70. The summed E-state index contributed by atoms with van der Waals surface area (Å²) in [4.78, 5) is 38.8. The Morgan fingerprint density at radius 3 is 2.53 bits per heavy atom. The summed E-state index contributed by atoms with van der Waals surface area (Å²) >= 11 is 0. The number of ether oxygens (including phenoxy) is 1. The molecule has 32 heavy (non-hydrogen) atoms. The van der Waals surface area contributed by atoms with Crippen LogP contribution in [-0.2, 0) is 28.6 Å². The van der Waals surface area contributed by atoms with Crippen molar-refractivity contribution in [2.75, 3.05) is 0 Å². The average molecular weight is 437 g/mol. The Bertz CT molecular complexity index is 1280. The van der Waals surface area contributed by atoms with Gasteiger partial charge in [-0.25, -0.2) is 0 Å². The summed E-state index contributed by atoms with van der Waals surface area (Å²) in [5.41, 5.74) is -0.357. The van der Waals surface area contributed by atoms with E-state index in [0.29, 0.717) is 12.2 Å². The Morgan fingerprint density at radius 1 is 1.25 bits per heavy atom. The van der Waals surface area contributed by atoms with Crippen LogP contribution in [0, 0.1) is 6.92 Å². The van der Waals surface area contributed by atoms with E-state index in [2.05, 4.69) is 10.4 Å². The first-order valence-corrected chi connectivity index (χ1v) is 9.99. The van der Waals surface area contributed by atoms with Gasteiger partial charge in [0, 0.05) is 42.7 Å². The fraction of sp³-hybridized carbons (Fsp3) is 0.304. The molecule has 2 heterocycles. The molecule has 1 aromatic carbocycles. The van der Waals surface area contributed by atoms with Crippen molar-refractivity contribution in [2.45, 2.75) is 39.7 Å². The summed E-state index contributed by atoms with van der Waals surface area (Å²) in [6, 6.07) is 0. The lowest BCUT2D eigenvalue weighted by Crippen LogP contribution is -2.41. The zero-order valence-corrected chi connectivity index (χ0v) is 18.4. The van der Waals surface area contributed by atoms with Crippen molar-refractivity contribution in [3.8, 4) is 17.2 Å². The molecular formula is C23H23N3O6. The van der Waals surface area contributed by atoms with Crippen LogP contribution >= 0.6 is 0 Å². The Kier molecular flexibility index (Phi) is 4.73. The topological polar surface area (TPSA) is 131 Å². The van der Waals surface area contributed by atoms with E-state index in [9.17, 15) is 24.6 Å². The Labute approximate surface area is 184 Å². The SMILES string of the molecule is CC(=O)c1c(O)c(C)c(O)c2c1OC1=CC(=O)C(=C(C)NCc3cnn(C)c3)C(=O)C12C. The van der Waals surface area contributed by atoms with Gasteiger partial charge in [-0.2, -0.15) is 5.10 Å². The van der Waals surface area contributed by atoms with Crippen molar-refractivity contribution in [3.05, 3.63) is 57.8 Å².